The Labute approximate surface area is 250 Å². The van der Waals surface area contributed by atoms with Gasteiger partial charge in [-0.3, -0.25) is 14.4 Å². The van der Waals surface area contributed by atoms with E-state index in [1.54, 1.807) is 19.1 Å². The Morgan fingerprint density at radius 3 is 2.02 bits per heavy atom. The van der Waals surface area contributed by atoms with E-state index in [4.69, 9.17) is 14.2 Å². The highest BCUT2D eigenvalue weighted by molar-refractivity contribution is 6.40. The SMILES string of the molecule is COc1c(O)c2c(=O)cc(OC)c3c4c(OC)cc(NCCO)c5c(=O)c(NCCO)c6c(c(c1C(C(C)=O)C(C)=C6)c23)c54. The number of aromatic hydroxyl groups is 1. The molecule has 1 aliphatic rings. The van der Waals surface area contributed by atoms with Crippen LogP contribution in [-0.4, -0.2) is 68.7 Å². The summed E-state index contributed by atoms with van der Waals surface area (Å²) in [7, 11) is 4.27. The number of phenols is 1. The Kier molecular flexibility index (Phi) is 7.10. The van der Waals surface area contributed by atoms with Gasteiger partial charge in [0.25, 0.3) is 0 Å². The topological polar surface area (TPSA) is 164 Å². The Morgan fingerprint density at radius 2 is 1.43 bits per heavy atom. The first kappa shape index (κ1) is 29.2. The number of rotatable bonds is 10. The zero-order chi connectivity index (χ0) is 31.6. The molecular weight excluding hydrogens is 568 g/mol. The Hall–Kier alpha value is -4.87. The normalized spacial score (nSPS) is 14.4. The molecule has 0 spiro atoms. The van der Waals surface area contributed by atoms with Gasteiger partial charge in [0.05, 0.1) is 56.9 Å². The molecular formula is C33H32N2O9. The first-order chi connectivity index (χ1) is 21.2. The molecule has 0 aromatic heterocycles. The molecule has 1 unspecified atom stereocenters. The van der Waals surface area contributed by atoms with Crippen LogP contribution in [0.3, 0.4) is 0 Å². The van der Waals surface area contributed by atoms with Gasteiger partial charge in [0.15, 0.2) is 16.9 Å². The molecule has 1 aliphatic carbocycles. The Morgan fingerprint density at radius 1 is 0.818 bits per heavy atom. The van der Waals surface area contributed by atoms with Gasteiger partial charge in [-0.2, -0.15) is 0 Å². The summed E-state index contributed by atoms with van der Waals surface area (Å²) in [6.45, 7) is 2.95. The van der Waals surface area contributed by atoms with Gasteiger partial charge in [-0.25, -0.2) is 0 Å². The highest BCUT2D eigenvalue weighted by Crippen LogP contribution is 2.57. The van der Waals surface area contributed by atoms with Gasteiger partial charge in [0.2, 0.25) is 5.43 Å². The fraction of sp³-hybridized carbons (Fsp3) is 0.303. The zero-order valence-corrected chi connectivity index (χ0v) is 24.9. The number of carbonyl (C=O) groups is 1. The Balaban J connectivity index is 2.12. The number of ketones is 1. The molecule has 11 nitrogen and oxygen atoms in total. The second kappa shape index (κ2) is 10.7. The van der Waals surface area contributed by atoms with Crippen LogP contribution in [0.1, 0.15) is 30.9 Å². The van der Waals surface area contributed by atoms with Crippen molar-refractivity contribution in [1.82, 2.24) is 0 Å². The first-order valence-electron chi connectivity index (χ1n) is 14.1. The van der Waals surface area contributed by atoms with Crippen molar-refractivity contribution in [3.63, 3.8) is 0 Å². The lowest BCUT2D eigenvalue weighted by molar-refractivity contribution is -0.117. The number of fused-ring (bicyclic) bond motifs is 1. The summed E-state index contributed by atoms with van der Waals surface area (Å²) in [5.74, 6) is -1.01. The minimum absolute atomic E-state index is 0.0179. The molecule has 6 rings (SSSR count). The Bertz CT molecular complexity index is 2160. The summed E-state index contributed by atoms with van der Waals surface area (Å²) in [4.78, 5) is 41.6. The van der Waals surface area contributed by atoms with Crippen LogP contribution >= 0.6 is 0 Å². The van der Waals surface area contributed by atoms with Crippen LogP contribution in [0, 0.1) is 0 Å². The van der Waals surface area contributed by atoms with Crippen LogP contribution in [0.5, 0.6) is 23.0 Å². The van der Waals surface area contributed by atoms with Gasteiger partial charge < -0.3 is 40.2 Å². The van der Waals surface area contributed by atoms with E-state index in [0.717, 1.165) is 0 Å². The first-order valence-corrected chi connectivity index (χ1v) is 14.1. The molecule has 0 saturated heterocycles. The van der Waals surface area contributed by atoms with E-state index in [1.807, 2.05) is 0 Å². The summed E-state index contributed by atoms with van der Waals surface area (Å²) in [5.41, 5.74) is 1.08. The molecule has 44 heavy (non-hydrogen) atoms. The van der Waals surface area contributed by atoms with Gasteiger partial charge in [-0.15, -0.1) is 0 Å². The lowest BCUT2D eigenvalue weighted by Gasteiger charge is -2.25. The van der Waals surface area contributed by atoms with Crippen molar-refractivity contribution in [3.8, 4) is 23.0 Å². The van der Waals surface area contributed by atoms with E-state index in [9.17, 15) is 29.7 Å². The van der Waals surface area contributed by atoms with Crippen LogP contribution < -0.4 is 35.7 Å². The minimum Gasteiger partial charge on any atom is -0.504 e. The van der Waals surface area contributed by atoms with Crippen molar-refractivity contribution in [2.75, 3.05) is 58.3 Å². The molecule has 11 heteroatoms. The second-order valence-corrected chi connectivity index (χ2v) is 10.8. The van der Waals surface area contributed by atoms with Crippen LogP contribution in [0.4, 0.5) is 11.4 Å². The van der Waals surface area contributed by atoms with Crippen molar-refractivity contribution in [3.05, 3.63) is 49.3 Å². The molecule has 0 saturated carbocycles. The summed E-state index contributed by atoms with van der Waals surface area (Å²) >= 11 is 0. The van der Waals surface area contributed by atoms with Crippen LogP contribution in [0.2, 0.25) is 0 Å². The lowest BCUT2D eigenvalue weighted by Crippen LogP contribution is -2.19. The fourth-order valence-corrected chi connectivity index (χ4v) is 6.97. The molecule has 0 amide bonds. The van der Waals surface area contributed by atoms with Crippen LogP contribution in [0.15, 0.2) is 27.3 Å². The molecule has 0 bridgehead atoms. The van der Waals surface area contributed by atoms with Crippen molar-refractivity contribution in [1.29, 1.82) is 0 Å². The molecule has 5 N–H and O–H groups in total. The average Bonchev–Trinajstić information content (AvgIpc) is 3.13. The van der Waals surface area contributed by atoms with Gasteiger partial charge in [-0.05, 0) is 19.2 Å². The number of methoxy groups -OCH3 is 3. The molecule has 0 aliphatic heterocycles. The third-order valence-corrected chi connectivity index (χ3v) is 8.51. The molecule has 0 fully saturated rings. The van der Waals surface area contributed by atoms with Crippen molar-refractivity contribution in [2.45, 2.75) is 19.8 Å². The number of carbonyl (C=O) groups excluding carboxylic acids is 1. The van der Waals surface area contributed by atoms with E-state index >= 15 is 0 Å². The van der Waals surface area contributed by atoms with E-state index in [0.29, 0.717) is 60.5 Å². The zero-order valence-electron chi connectivity index (χ0n) is 24.9. The third-order valence-electron chi connectivity index (χ3n) is 8.51. The average molecular weight is 601 g/mol. The molecule has 5 aromatic carbocycles. The highest BCUT2D eigenvalue weighted by Gasteiger charge is 2.37. The molecule has 5 aromatic rings. The number of nitrogens with one attached hydrogen (secondary N) is 2. The fourth-order valence-electron chi connectivity index (χ4n) is 6.97. The van der Waals surface area contributed by atoms with Gasteiger partial charge >= 0.3 is 0 Å². The van der Waals surface area contributed by atoms with Gasteiger partial charge in [0, 0.05) is 69.0 Å². The third kappa shape index (κ3) is 3.79. The predicted molar refractivity (Wildman–Crippen MR) is 171 cm³/mol. The number of aliphatic hydroxyl groups is 2. The number of hydrogen-bond donors (Lipinski definition) is 5. The number of phenolic OH excluding ortho intramolecular Hbond substituents is 1. The minimum atomic E-state index is -0.896. The summed E-state index contributed by atoms with van der Waals surface area (Å²) in [6.07, 6.45) is 1.76. The predicted octanol–water partition coefficient (Wildman–Crippen LogP) is 3.52. The maximum atomic E-state index is 14.5. The highest BCUT2D eigenvalue weighted by atomic mass is 16.5. The number of allylic oxidation sites excluding steroid dienone is 1. The number of anilines is 2. The largest absolute Gasteiger partial charge is 0.504 e. The monoisotopic (exact) mass is 600 g/mol. The van der Waals surface area contributed by atoms with E-state index in [-0.39, 0.29) is 65.5 Å². The van der Waals surface area contributed by atoms with Crippen molar-refractivity contribution < 1.29 is 34.3 Å². The lowest BCUT2D eigenvalue weighted by atomic mass is 9.80. The van der Waals surface area contributed by atoms with Gasteiger partial charge in [-0.1, -0.05) is 11.6 Å². The quantitative estimate of drug-likeness (QED) is 0.118. The maximum absolute atomic E-state index is 14.5. The summed E-state index contributed by atoms with van der Waals surface area (Å²) in [6, 6.07) is 2.93. The number of ether oxygens (including phenoxy) is 3. The van der Waals surface area contributed by atoms with Gasteiger partial charge in [0.1, 0.15) is 17.3 Å². The number of aliphatic hydroxyl groups excluding tert-OH is 2. The number of benzene rings is 5. The van der Waals surface area contributed by atoms with Crippen molar-refractivity contribution in [2.24, 2.45) is 0 Å². The maximum Gasteiger partial charge on any atom is 0.212 e. The van der Waals surface area contributed by atoms with Crippen molar-refractivity contribution >= 4 is 66.3 Å². The molecule has 228 valence electrons. The number of Topliss-reactive ketones (excluding diaryl/α,β-unsaturated/α-hetero) is 1. The van der Waals surface area contributed by atoms with Crippen LogP contribution in [0.25, 0.3) is 49.2 Å². The standard InChI is InChI=1S/C33H32N2O9/c1-13-10-15-21-26-22(31(40)30(15)35-7-9-37)16(34-6-8-36)11-18(42-3)24(26)25-19(43-4)12-17(39)23-28(25)27(21)29(20(13)14(2)38)33(44-5)32(23)41/h10-12,20,34-37,41H,6-9H2,1-5H3. The summed E-state index contributed by atoms with van der Waals surface area (Å²) in [5, 5.41) is 40.2. The van der Waals surface area contributed by atoms with E-state index in [1.165, 1.54) is 34.3 Å². The smallest absolute Gasteiger partial charge is 0.212 e. The molecule has 0 radical (unpaired) electrons. The summed E-state index contributed by atoms with van der Waals surface area (Å²) < 4.78 is 17.4. The van der Waals surface area contributed by atoms with E-state index < -0.39 is 17.1 Å². The number of hydrogen-bond acceptors (Lipinski definition) is 11. The molecule has 0 heterocycles. The molecule has 1 atom stereocenters. The van der Waals surface area contributed by atoms with E-state index in [2.05, 4.69) is 10.6 Å². The van der Waals surface area contributed by atoms with Crippen LogP contribution in [-0.2, 0) is 4.79 Å². The second-order valence-electron chi connectivity index (χ2n) is 10.8.